The van der Waals surface area contributed by atoms with Crippen molar-refractivity contribution in [1.29, 1.82) is 0 Å². The number of ether oxygens (including phenoxy) is 2. The van der Waals surface area contributed by atoms with Crippen LogP contribution >= 0.6 is 0 Å². The number of carbonyl (C=O) groups is 1. The molecule has 1 aromatic carbocycles. The molecule has 3 rings (SSSR count). The molecule has 0 fully saturated rings. The van der Waals surface area contributed by atoms with Gasteiger partial charge in [-0.15, -0.1) is 0 Å². The number of fused-ring (bicyclic) bond motifs is 1. The monoisotopic (exact) mass is 343 g/mol. The predicted octanol–water partition coefficient (Wildman–Crippen LogP) is 1.70. The van der Waals surface area contributed by atoms with Crippen LogP contribution in [0.3, 0.4) is 0 Å². The van der Waals surface area contributed by atoms with E-state index >= 15 is 0 Å². The Kier molecular flexibility index (Phi) is 5.02. The molecule has 1 aromatic heterocycles. The van der Waals surface area contributed by atoms with E-state index in [1.54, 1.807) is 11.9 Å². The molecule has 7 heteroatoms. The molecule has 0 aliphatic carbocycles. The van der Waals surface area contributed by atoms with Crippen molar-refractivity contribution in [3.05, 3.63) is 51.9 Å². The standard InChI is InChI=1S/C18H21N3O4/c1-3-8-21-17(22)7-5-14(19-21)18(23)20(2)12-13-4-6-15-16(11-13)25-10-9-24-15/h4-7,11H,3,8-10,12H2,1-2H3. The Morgan fingerprint density at radius 2 is 1.96 bits per heavy atom. The molecule has 0 saturated heterocycles. The molecule has 0 radical (unpaired) electrons. The van der Waals surface area contributed by atoms with Crippen molar-refractivity contribution in [1.82, 2.24) is 14.7 Å². The van der Waals surface area contributed by atoms with Crippen LogP contribution in [0.15, 0.2) is 35.1 Å². The van der Waals surface area contributed by atoms with E-state index in [4.69, 9.17) is 9.47 Å². The van der Waals surface area contributed by atoms with Crippen molar-refractivity contribution in [2.45, 2.75) is 26.4 Å². The molecule has 0 N–H and O–H groups in total. The van der Waals surface area contributed by atoms with Crippen molar-refractivity contribution in [2.75, 3.05) is 20.3 Å². The lowest BCUT2D eigenvalue weighted by molar-refractivity contribution is 0.0776. The van der Waals surface area contributed by atoms with E-state index in [-0.39, 0.29) is 17.2 Å². The second-order valence-corrected chi connectivity index (χ2v) is 5.92. The fourth-order valence-corrected chi connectivity index (χ4v) is 2.66. The van der Waals surface area contributed by atoms with Crippen LogP contribution in [0, 0.1) is 0 Å². The van der Waals surface area contributed by atoms with Gasteiger partial charge < -0.3 is 14.4 Å². The van der Waals surface area contributed by atoms with Gasteiger partial charge in [0.1, 0.15) is 18.9 Å². The fourth-order valence-electron chi connectivity index (χ4n) is 2.66. The van der Waals surface area contributed by atoms with Gasteiger partial charge in [0, 0.05) is 26.2 Å². The third-order valence-electron chi connectivity index (χ3n) is 3.89. The van der Waals surface area contributed by atoms with Gasteiger partial charge in [-0.3, -0.25) is 9.59 Å². The third kappa shape index (κ3) is 3.81. The Morgan fingerprint density at radius 1 is 1.20 bits per heavy atom. The van der Waals surface area contributed by atoms with Crippen molar-refractivity contribution in [3.63, 3.8) is 0 Å². The van der Waals surface area contributed by atoms with Gasteiger partial charge in [0.05, 0.1) is 0 Å². The van der Waals surface area contributed by atoms with Crippen LogP contribution in [0.5, 0.6) is 11.5 Å². The summed E-state index contributed by atoms with van der Waals surface area (Å²) in [6, 6.07) is 8.49. The van der Waals surface area contributed by atoms with Crippen LogP contribution in [-0.4, -0.2) is 40.8 Å². The summed E-state index contributed by atoms with van der Waals surface area (Å²) in [5, 5.41) is 4.16. The maximum Gasteiger partial charge on any atom is 0.274 e. The van der Waals surface area contributed by atoms with Gasteiger partial charge in [-0.05, 0) is 30.2 Å². The second kappa shape index (κ2) is 7.38. The Balaban J connectivity index is 1.74. The number of amides is 1. The molecule has 25 heavy (non-hydrogen) atoms. The highest BCUT2D eigenvalue weighted by molar-refractivity contribution is 5.91. The van der Waals surface area contributed by atoms with E-state index in [9.17, 15) is 9.59 Å². The minimum Gasteiger partial charge on any atom is -0.486 e. The molecular weight excluding hydrogens is 322 g/mol. The first-order valence-corrected chi connectivity index (χ1v) is 8.30. The molecule has 0 saturated carbocycles. The van der Waals surface area contributed by atoms with Gasteiger partial charge in [-0.1, -0.05) is 13.0 Å². The summed E-state index contributed by atoms with van der Waals surface area (Å²) < 4.78 is 12.4. The zero-order valence-electron chi connectivity index (χ0n) is 14.4. The van der Waals surface area contributed by atoms with E-state index in [1.165, 1.54) is 16.8 Å². The zero-order chi connectivity index (χ0) is 17.8. The van der Waals surface area contributed by atoms with Gasteiger partial charge in [0.2, 0.25) is 0 Å². The first kappa shape index (κ1) is 17.0. The molecule has 0 bridgehead atoms. The minimum atomic E-state index is -0.236. The van der Waals surface area contributed by atoms with E-state index < -0.39 is 0 Å². The Morgan fingerprint density at radius 3 is 2.72 bits per heavy atom. The summed E-state index contributed by atoms with van der Waals surface area (Å²) in [7, 11) is 1.70. The molecule has 1 amide bonds. The van der Waals surface area contributed by atoms with E-state index in [0.717, 1.165) is 17.7 Å². The molecule has 1 aliphatic rings. The number of carbonyl (C=O) groups excluding carboxylic acids is 1. The maximum atomic E-state index is 12.6. The topological polar surface area (TPSA) is 73.7 Å². The number of benzene rings is 1. The van der Waals surface area contributed by atoms with Gasteiger partial charge in [-0.2, -0.15) is 5.10 Å². The molecule has 132 valence electrons. The van der Waals surface area contributed by atoms with Crippen molar-refractivity contribution < 1.29 is 14.3 Å². The summed E-state index contributed by atoms with van der Waals surface area (Å²) in [4.78, 5) is 25.9. The highest BCUT2D eigenvalue weighted by Gasteiger charge is 2.17. The number of nitrogens with zero attached hydrogens (tertiary/aromatic N) is 3. The van der Waals surface area contributed by atoms with Crippen LogP contribution < -0.4 is 15.0 Å². The lowest BCUT2D eigenvalue weighted by Crippen LogP contribution is -2.31. The highest BCUT2D eigenvalue weighted by atomic mass is 16.6. The molecule has 0 atom stereocenters. The van der Waals surface area contributed by atoms with Gasteiger partial charge >= 0.3 is 0 Å². The number of hydrogen-bond acceptors (Lipinski definition) is 5. The first-order valence-electron chi connectivity index (χ1n) is 8.30. The van der Waals surface area contributed by atoms with Crippen molar-refractivity contribution >= 4 is 5.91 Å². The van der Waals surface area contributed by atoms with Crippen LogP contribution in [0.25, 0.3) is 0 Å². The number of hydrogen-bond donors (Lipinski definition) is 0. The summed E-state index contributed by atoms with van der Waals surface area (Å²) >= 11 is 0. The van der Waals surface area contributed by atoms with E-state index in [1.807, 2.05) is 25.1 Å². The van der Waals surface area contributed by atoms with Crippen LogP contribution in [0.1, 0.15) is 29.4 Å². The SMILES string of the molecule is CCCn1nc(C(=O)N(C)Cc2ccc3c(c2)OCCO3)ccc1=O. The van der Waals surface area contributed by atoms with Crippen LogP contribution in [-0.2, 0) is 13.1 Å². The average molecular weight is 343 g/mol. The Labute approximate surface area is 145 Å². The van der Waals surface area contributed by atoms with E-state index in [0.29, 0.717) is 32.1 Å². The molecule has 0 spiro atoms. The van der Waals surface area contributed by atoms with Crippen molar-refractivity contribution in [2.24, 2.45) is 0 Å². The molecule has 7 nitrogen and oxygen atoms in total. The Hall–Kier alpha value is -2.83. The van der Waals surface area contributed by atoms with Gasteiger partial charge in [-0.25, -0.2) is 4.68 Å². The number of rotatable bonds is 5. The van der Waals surface area contributed by atoms with Crippen molar-refractivity contribution in [3.8, 4) is 11.5 Å². The molecule has 2 heterocycles. The minimum absolute atomic E-state index is 0.201. The highest BCUT2D eigenvalue weighted by Crippen LogP contribution is 2.31. The number of aryl methyl sites for hydroxylation is 1. The predicted molar refractivity (Wildman–Crippen MR) is 92.0 cm³/mol. The van der Waals surface area contributed by atoms with Crippen LogP contribution in [0.2, 0.25) is 0 Å². The smallest absolute Gasteiger partial charge is 0.274 e. The normalized spacial score (nSPS) is 12.7. The lowest BCUT2D eigenvalue weighted by Gasteiger charge is -2.21. The Bertz CT molecular complexity index is 831. The van der Waals surface area contributed by atoms with Crippen LogP contribution in [0.4, 0.5) is 0 Å². The molecule has 2 aromatic rings. The molecule has 0 unspecified atom stereocenters. The molecular formula is C18H21N3O4. The lowest BCUT2D eigenvalue weighted by atomic mass is 10.1. The maximum absolute atomic E-state index is 12.6. The third-order valence-corrected chi connectivity index (χ3v) is 3.89. The molecule has 1 aliphatic heterocycles. The number of aromatic nitrogens is 2. The quantitative estimate of drug-likeness (QED) is 0.826. The largest absolute Gasteiger partial charge is 0.486 e. The van der Waals surface area contributed by atoms with Gasteiger partial charge in [0.25, 0.3) is 11.5 Å². The second-order valence-electron chi connectivity index (χ2n) is 5.92. The summed E-state index contributed by atoms with van der Waals surface area (Å²) in [5.74, 6) is 1.18. The summed E-state index contributed by atoms with van der Waals surface area (Å²) in [5.41, 5.74) is 0.989. The first-order chi connectivity index (χ1) is 12.1. The summed E-state index contributed by atoms with van der Waals surface area (Å²) in [6.45, 7) is 3.92. The van der Waals surface area contributed by atoms with E-state index in [2.05, 4.69) is 5.10 Å². The average Bonchev–Trinajstić information content (AvgIpc) is 2.63. The summed E-state index contributed by atoms with van der Waals surface area (Å²) in [6.07, 6.45) is 0.775. The fraction of sp³-hybridized carbons (Fsp3) is 0.389. The zero-order valence-corrected chi connectivity index (χ0v) is 14.4. The van der Waals surface area contributed by atoms with Gasteiger partial charge in [0.15, 0.2) is 11.5 Å².